The van der Waals surface area contributed by atoms with Crippen molar-refractivity contribution in [2.75, 3.05) is 38.5 Å². The number of hydrogen-bond donors (Lipinski definition) is 1. The van der Waals surface area contributed by atoms with Crippen molar-refractivity contribution in [1.29, 1.82) is 0 Å². The van der Waals surface area contributed by atoms with Crippen molar-refractivity contribution in [3.63, 3.8) is 0 Å². The van der Waals surface area contributed by atoms with Crippen LogP contribution in [-0.4, -0.2) is 71.2 Å². The number of primary amides is 1. The zero-order chi connectivity index (χ0) is 21.6. The Kier molecular flexibility index (Phi) is 7.82. The number of ether oxygens (including phenoxy) is 1. The van der Waals surface area contributed by atoms with Crippen LogP contribution in [-0.2, 0) is 9.53 Å². The highest BCUT2D eigenvalue weighted by Crippen LogP contribution is 2.30. The van der Waals surface area contributed by atoms with Crippen LogP contribution in [0.25, 0.3) is 0 Å². The van der Waals surface area contributed by atoms with Crippen molar-refractivity contribution in [3.8, 4) is 0 Å². The molecule has 0 bridgehead atoms. The maximum Gasteiger partial charge on any atom is 0.409 e. The number of carbonyl (C=O) groups excluding carboxylic acids is 3. The predicted molar refractivity (Wildman–Crippen MR) is 107 cm³/mol. The molecule has 0 radical (unpaired) electrons. The summed E-state index contributed by atoms with van der Waals surface area (Å²) in [4.78, 5) is 49.7. The third-order valence-corrected chi connectivity index (χ3v) is 5.27. The van der Waals surface area contributed by atoms with Gasteiger partial charge < -0.3 is 20.3 Å². The summed E-state index contributed by atoms with van der Waals surface area (Å²) in [6, 6.07) is 3.92. The smallest absolute Gasteiger partial charge is 0.409 e. The Morgan fingerprint density at radius 1 is 1.21 bits per heavy atom. The molecular formula is C18H24N4O6S. The van der Waals surface area contributed by atoms with Crippen molar-refractivity contribution in [3.05, 3.63) is 33.9 Å². The minimum Gasteiger partial charge on any atom is -0.449 e. The summed E-state index contributed by atoms with van der Waals surface area (Å²) in [6.45, 7) is 5.75. The number of nitrogens with zero attached hydrogens (tertiary/aromatic N) is 3. The first kappa shape index (κ1) is 22.5. The molecule has 158 valence electrons. The van der Waals surface area contributed by atoms with Gasteiger partial charge in [0, 0.05) is 37.8 Å². The first-order valence-electron chi connectivity index (χ1n) is 9.09. The van der Waals surface area contributed by atoms with Crippen LogP contribution in [0.3, 0.4) is 0 Å². The van der Waals surface area contributed by atoms with Gasteiger partial charge in [-0.15, -0.1) is 11.8 Å². The Bertz CT molecular complexity index is 793. The fourth-order valence-electron chi connectivity index (χ4n) is 2.63. The SMILES string of the molecule is CC(C)COC(=O)N1CCN(C(=O)CSc2ccc(C(N)=O)cc2[N+](=O)[O-])CC1. The molecule has 1 aromatic carbocycles. The van der Waals surface area contributed by atoms with Crippen LogP contribution in [0.2, 0.25) is 0 Å². The second-order valence-corrected chi connectivity index (χ2v) is 7.95. The van der Waals surface area contributed by atoms with E-state index in [4.69, 9.17) is 10.5 Å². The molecule has 1 aliphatic rings. The molecule has 1 aromatic rings. The Morgan fingerprint density at radius 3 is 2.38 bits per heavy atom. The summed E-state index contributed by atoms with van der Waals surface area (Å²) in [7, 11) is 0. The van der Waals surface area contributed by atoms with Gasteiger partial charge >= 0.3 is 6.09 Å². The van der Waals surface area contributed by atoms with Gasteiger partial charge in [0.15, 0.2) is 0 Å². The molecule has 2 N–H and O–H groups in total. The number of piperazine rings is 1. The molecular weight excluding hydrogens is 400 g/mol. The second kappa shape index (κ2) is 10.1. The Balaban J connectivity index is 1.88. The summed E-state index contributed by atoms with van der Waals surface area (Å²) in [5, 5.41) is 11.2. The van der Waals surface area contributed by atoms with Crippen LogP contribution in [0.15, 0.2) is 23.1 Å². The molecule has 0 atom stereocenters. The van der Waals surface area contributed by atoms with E-state index in [0.717, 1.165) is 17.8 Å². The van der Waals surface area contributed by atoms with Gasteiger partial charge in [0.1, 0.15) is 0 Å². The van der Waals surface area contributed by atoms with Crippen LogP contribution in [0.4, 0.5) is 10.5 Å². The topological polar surface area (TPSA) is 136 Å². The molecule has 11 heteroatoms. The van der Waals surface area contributed by atoms with E-state index in [1.807, 2.05) is 13.8 Å². The van der Waals surface area contributed by atoms with E-state index in [9.17, 15) is 24.5 Å². The van der Waals surface area contributed by atoms with Gasteiger partial charge in [-0.3, -0.25) is 19.7 Å². The van der Waals surface area contributed by atoms with E-state index >= 15 is 0 Å². The maximum atomic E-state index is 12.4. The lowest BCUT2D eigenvalue weighted by Gasteiger charge is -2.34. The molecule has 0 saturated carbocycles. The average Bonchev–Trinajstić information content (AvgIpc) is 2.69. The Hall–Kier alpha value is -2.82. The van der Waals surface area contributed by atoms with Gasteiger partial charge in [0.25, 0.3) is 5.69 Å². The summed E-state index contributed by atoms with van der Waals surface area (Å²) in [6.07, 6.45) is -0.384. The second-order valence-electron chi connectivity index (χ2n) is 6.93. The molecule has 0 aromatic heterocycles. The zero-order valence-electron chi connectivity index (χ0n) is 16.3. The van der Waals surface area contributed by atoms with Crippen LogP contribution in [0.5, 0.6) is 0 Å². The first-order valence-corrected chi connectivity index (χ1v) is 10.1. The number of carbonyl (C=O) groups is 3. The van der Waals surface area contributed by atoms with Gasteiger partial charge in [0.2, 0.25) is 11.8 Å². The number of benzene rings is 1. The summed E-state index contributed by atoms with van der Waals surface area (Å²) < 4.78 is 5.19. The van der Waals surface area contributed by atoms with Crippen molar-refractivity contribution in [1.82, 2.24) is 9.80 Å². The third-order valence-electron chi connectivity index (χ3n) is 4.22. The molecule has 3 amide bonds. The van der Waals surface area contributed by atoms with Crippen molar-refractivity contribution in [2.24, 2.45) is 11.7 Å². The number of nitro benzene ring substituents is 1. The van der Waals surface area contributed by atoms with E-state index in [-0.39, 0.29) is 39.8 Å². The highest BCUT2D eigenvalue weighted by atomic mass is 32.2. The lowest BCUT2D eigenvalue weighted by Crippen LogP contribution is -2.51. The van der Waals surface area contributed by atoms with Crippen molar-refractivity contribution < 1.29 is 24.0 Å². The molecule has 1 heterocycles. The van der Waals surface area contributed by atoms with Crippen LogP contribution >= 0.6 is 11.8 Å². The highest BCUT2D eigenvalue weighted by molar-refractivity contribution is 8.00. The fraction of sp³-hybridized carbons (Fsp3) is 0.500. The lowest BCUT2D eigenvalue weighted by molar-refractivity contribution is -0.387. The normalized spacial score (nSPS) is 14.0. The van der Waals surface area contributed by atoms with Crippen molar-refractivity contribution >= 4 is 35.4 Å². The Morgan fingerprint density at radius 2 is 1.83 bits per heavy atom. The van der Waals surface area contributed by atoms with Crippen molar-refractivity contribution in [2.45, 2.75) is 18.7 Å². The molecule has 0 unspecified atom stereocenters. The maximum absolute atomic E-state index is 12.4. The number of rotatable bonds is 7. The number of nitrogens with two attached hydrogens (primary N) is 1. The Labute approximate surface area is 172 Å². The number of nitro groups is 1. The van der Waals surface area contributed by atoms with Gasteiger partial charge in [-0.1, -0.05) is 13.8 Å². The van der Waals surface area contributed by atoms with Gasteiger partial charge in [-0.2, -0.15) is 0 Å². The van der Waals surface area contributed by atoms with E-state index in [1.165, 1.54) is 12.1 Å². The molecule has 0 spiro atoms. The zero-order valence-corrected chi connectivity index (χ0v) is 17.1. The first-order chi connectivity index (χ1) is 13.7. The number of amides is 3. The molecule has 2 rings (SSSR count). The van der Waals surface area contributed by atoms with Crippen LogP contribution < -0.4 is 5.73 Å². The average molecular weight is 424 g/mol. The van der Waals surface area contributed by atoms with Gasteiger partial charge in [-0.25, -0.2) is 4.79 Å². The molecule has 1 saturated heterocycles. The standard InChI is InChI=1S/C18H24N4O6S/c1-12(2)10-28-18(25)21-7-5-20(6-8-21)16(23)11-29-15-4-3-13(17(19)24)9-14(15)22(26)27/h3-4,9,12H,5-8,10-11H2,1-2H3,(H2,19,24). The van der Waals surface area contributed by atoms with E-state index < -0.39 is 10.8 Å². The quantitative estimate of drug-likeness (QED) is 0.400. The summed E-state index contributed by atoms with van der Waals surface area (Å²) in [5.74, 6) is -0.682. The largest absolute Gasteiger partial charge is 0.449 e. The van der Waals surface area contributed by atoms with E-state index in [0.29, 0.717) is 32.8 Å². The number of thioether (sulfide) groups is 1. The molecule has 1 fully saturated rings. The fourth-order valence-corrected chi connectivity index (χ4v) is 3.54. The van der Waals surface area contributed by atoms with Crippen LogP contribution in [0.1, 0.15) is 24.2 Å². The van der Waals surface area contributed by atoms with E-state index in [1.54, 1.807) is 9.80 Å². The lowest BCUT2D eigenvalue weighted by atomic mass is 10.2. The molecule has 1 aliphatic heterocycles. The molecule has 29 heavy (non-hydrogen) atoms. The summed E-state index contributed by atoms with van der Waals surface area (Å²) >= 11 is 1.03. The highest BCUT2D eigenvalue weighted by Gasteiger charge is 2.26. The number of hydrogen-bond acceptors (Lipinski definition) is 7. The van der Waals surface area contributed by atoms with Gasteiger partial charge in [-0.05, 0) is 18.1 Å². The van der Waals surface area contributed by atoms with Crippen LogP contribution in [0, 0.1) is 16.0 Å². The minimum absolute atomic E-state index is 0.00849. The van der Waals surface area contributed by atoms with E-state index in [2.05, 4.69) is 0 Å². The monoisotopic (exact) mass is 424 g/mol. The molecule has 0 aliphatic carbocycles. The third kappa shape index (κ3) is 6.34. The molecule has 10 nitrogen and oxygen atoms in total. The minimum atomic E-state index is -0.759. The summed E-state index contributed by atoms with van der Waals surface area (Å²) in [5.41, 5.74) is 4.92. The predicted octanol–water partition coefficient (Wildman–Crippen LogP) is 1.72. The van der Waals surface area contributed by atoms with Gasteiger partial charge in [0.05, 0.1) is 22.2 Å².